The molecule has 45 heavy (non-hydrogen) atoms. The van der Waals surface area contributed by atoms with Crippen molar-refractivity contribution >= 4 is 69.6 Å². The highest BCUT2D eigenvalue weighted by molar-refractivity contribution is 6.37. The molecule has 3 aromatic heterocycles. The van der Waals surface area contributed by atoms with Gasteiger partial charge in [-0.25, -0.2) is 9.97 Å². The van der Waals surface area contributed by atoms with Crippen molar-refractivity contribution in [2.24, 2.45) is 0 Å². The number of H-pyrrole nitrogens is 2. The van der Waals surface area contributed by atoms with Crippen molar-refractivity contribution < 1.29 is 0 Å². The summed E-state index contributed by atoms with van der Waals surface area (Å²) in [6.45, 7) is 2.10. The van der Waals surface area contributed by atoms with Gasteiger partial charge in [0.25, 0.3) is 0 Å². The number of benzene rings is 3. The lowest BCUT2D eigenvalue weighted by Crippen LogP contribution is -1.89. The third-order valence-corrected chi connectivity index (χ3v) is 9.12. The number of nitrogens with one attached hydrogen (secondary N) is 2. The van der Waals surface area contributed by atoms with Gasteiger partial charge >= 0.3 is 0 Å². The highest BCUT2D eigenvalue weighted by atomic mass is 35.5. The Morgan fingerprint density at radius 1 is 0.444 bits per heavy atom. The van der Waals surface area contributed by atoms with E-state index in [0.717, 1.165) is 72.4 Å². The zero-order valence-electron chi connectivity index (χ0n) is 24.3. The molecule has 0 aliphatic carbocycles. The second-order valence-electron chi connectivity index (χ2n) is 11.1. The normalized spacial score (nSPS) is 12.2. The monoisotopic (exact) mass is 620 g/mol. The van der Waals surface area contributed by atoms with Crippen molar-refractivity contribution in [1.29, 1.82) is 0 Å². The van der Waals surface area contributed by atoms with Crippen LogP contribution in [0.1, 0.15) is 28.3 Å². The molecule has 3 aromatic carbocycles. The zero-order valence-corrected chi connectivity index (χ0v) is 25.8. The minimum absolute atomic E-state index is 0.515. The maximum atomic E-state index is 7.18. The van der Waals surface area contributed by atoms with E-state index >= 15 is 0 Å². The van der Waals surface area contributed by atoms with Crippen LogP contribution in [-0.2, 0) is 0 Å². The van der Waals surface area contributed by atoms with E-state index in [4.69, 9.17) is 33.2 Å². The molecule has 0 saturated carbocycles. The standard InChI is InChI=1S/C39H26Cl2N4/c1-23-33(24-11-5-2-6-12-24)39-35(26-15-9-4-10-16-26)29-18-17-27(42-29)34(25-13-7-3-8-14-25)28-19-20-30(43-28)36(40)31-21-22-32(44-31)37(41)38(23)45-39/h2-22,43,45H,1H3. The van der Waals surface area contributed by atoms with E-state index in [0.29, 0.717) is 21.4 Å². The second-order valence-corrected chi connectivity index (χ2v) is 11.8. The van der Waals surface area contributed by atoms with Gasteiger partial charge in [0, 0.05) is 22.2 Å². The first-order valence-corrected chi connectivity index (χ1v) is 15.5. The lowest BCUT2D eigenvalue weighted by molar-refractivity contribution is 1.31. The number of halogens is 2. The average Bonchev–Trinajstić information content (AvgIpc) is 3.90. The Labute approximate surface area is 270 Å². The van der Waals surface area contributed by atoms with Crippen molar-refractivity contribution in [1.82, 2.24) is 19.9 Å². The van der Waals surface area contributed by atoms with Gasteiger partial charge in [-0.2, -0.15) is 0 Å². The van der Waals surface area contributed by atoms with Gasteiger partial charge in [0.1, 0.15) is 0 Å². The molecular formula is C39H26Cl2N4. The molecule has 0 fully saturated rings. The summed E-state index contributed by atoms with van der Waals surface area (Å²) in [6, 6.07) is 35.1. The first kappa shape index (κ1) is 27.4. The van der Waals surface area contributed by atoms with E-state index in [-0.39, 0.29) is 0 Å². The van der Waals surface area contributed by atoms with E-state index in [9.17, 15) is 0 Å². The van der Waals surface area contributed by atoms with Crippen LogP contribution < -0.4 is 0 Å². The van der Waals surface area contributed by atoms with Gasteiger partial charge in [-0.3, -0.25) is 0 Å². The Kier molecular flexibility index (Phi) is 6.75. The third kappa shape index (κ3) is 4.71. The highest BCUT2D eigenvalue weighted by Gasteiger charge is 2.21. The lowest BCUT2D eigenvalue weighted by atomic mass is 9.96. The molecule has 0 spiro atoms. The maximum Gasteiger partial charge on any atom is 0.0900 e. The molecule has 0 saturated heterocycles. The van der Waals surface area contributed by atoms with Crippen molar-refractivity contribution in [3.05, 3.63) is 142 Å². The van der Waals surface area contributed by atoms with Crippen LogP contribution >= 0.6 is 23.2 Å². The summed E-state index contributed by atoms with van der Waals surface area (Å²) in [4.78, 5) is 17.5. The van der Waals surface area contributed by atoms with Crippen LogP contribution in [0.2, 0.25) is 10.0 Å². The molecule has 0 amide bonds. The minimum atomic E-state index is 0.515. The highest BCUT2D eigenvalue weighted by Crippen LogP contribution is 2.42. The van der Waals surface area contributed by atoms with Crippen molar-refractivity contribution in [3.8, 4) is 33.4 Å². The molecule has 4 nitrogen and oxygen atoms in total. The Hall–Kier alpha value is -5.16. The van der Waals surface area contributed by atoms with Crippen LogP contribution in [0.4, 0.5) is 0 Å². The summed E-state index contributed by atoms with van der Waals surface area (Å²) in [5, 5.41) is 1.04. The van der Waals surface area contributed by atoms with E-state index < -0.39 is 0 Å². The van der Waals surface area contributed by atoms with Gasteiger partial charge in [0.15, 0.2) is 0 Å². The van der Waals surface area contributed by atoms with Crippen LogP contribution in [0.15, 0.2) is 103 Å². The van der Waals surface area contributed by atoms with E-state index in [1.807, 2.05) is 54.6 Å². The predicted molar refractivity (Wildman–Crippen MR) is 190 cm³/mol. The van der Waals surface area contributed by atoms with Gasteiger partial charge in [-0.1, -0.05) is 114 Å². The summed E-state index contributed by atoms with van der Waals surface area (Å²) in [5.41, 5.74) is 13.6. The largest absolute Gasteiger partial charge is 0.354 e. The molecule has 8 rings (SSSR count). The van der Waals surface area contributed by atoms with Crippen LogP contribution in [0.25, 0.3) is 79.8 Å². The number of fused-ring (bicyclic) bond motifs is 8. The number of aromatic amines is 2. The van der Waals surface area contributed by atoms with Gasteiger partial charge in [-0.05, 0) is 65.6 Å². The van der Waals surface area contributed by atoms with Crippen LogP contribution in [-0.4, -0.2) is 19.9 Å². The fourth-order valence-corrected chi connectivity index (χ4v) is 6.73. The summed E-state index contributed by atoms with van der Waals surface area (Å²) in [6.07, 6.45) is 8.01. The van der Waals surface area contributed by atoms with E-state index in [1.54, 1.807) is 0 Å². The molecule has 6 heteroatoms. The predicted octanol–water partition coefficient (Wildman–Crippen LogP) is 11.3. The summed E-state index contributed by atoms with van der Waals surface area (Å²) in [7, 11) is 0. The first-order valence-electron chi connectivity index (χ1n) is 14.7. The fraction of sp³-hybridized carbons (Fsp3) is 0.0256. The molecule has 216 valence electrons. The van der Waals surface area contributed by atoms with E-state index in [2.05, 4.69) is 89.7 Å². The van der Waals surface area contributed by atoms with Crippen molar-refractivity contribution in [3.63, 3.8) is 0 Å². The number of hydrogen-bond donors (Lipinski definition) is 2. The smallest absolute Gasteiger partial charge is 0.0900 e. The Morgan fingerprint density at radius 3 is 1.53 bits per heavy atom. The fourth-order valence-electron chi connectivity index (χ4n) is 6.22. The number of aryl methyl sites for hydroxylation is 1. The number of rotatable bonds is 3. The average molecular weight is 622 g/mol. The SMILES string of the molecule is Cc1c(-c2ccccc2)c2[nH]c1c(Cl)c1nc(c(Cl)c3ccc([nH]3)c(-c3ccccc3)c3nc(c2-c2ccccc2)C=C3)C=C1. The molecule has 2 N–H and O–H groups in total. The molecule has 2 aliphatic heterocycles. The molecule has 0 atom stereocenters. The van der Waals surface area contributed by atoms with Crippen LogP contribution in [0.5, 0.6) is 0 Å². The van der Waals surface area contributed by atoms with Gasteiger partial charge in [0.05, 0.1) is 49.4 Å². The Bertz CT molecular complexity index is 2330. The number of hydrogen-bond acceptors (Lipinski definition) is 2. The van der Waals surface area contributed by atoms with Gasteiger partial charge in [0.2, 0.25) is 0 Å². The Morgan fingerprint density at radius 2 is 0.911 bits per heavy atom. The Balaban J connectivity index is 1.62. The van der Waals surface area contributed by atoms with Gasteiger partial charge < -0.3 is 9.97 Å². The zero-order chi connectivity index (χ0) is 30.5. The minimum Gasteiger partial charge on any atom is -0.354 e. The molecule has 5 heterocycles. The molecule has 0 radical (unpaired) electrons. The first-order chi connectivity index (χ1) is 22.1. The second kappa shape index (κ2) is 11.1. The molecule has 6 aromatic rings. The quantitative estimate of drug-likeness (QED) is 0.206. The van der Waals surface area contributed by atoms with Crippen LogP contribution in [0.3, 0.4) is 0 Å². The summed E-state index contributed by atoms with van der Waals surface area (Å²) >= 11 is 14.1. The van der Waals surface area contributed by atoms with Crippen LogP contribution in [0, 0.1) is 6.92 Å². The maximum absolute atomic E-state index is 7.18. The van der Waals surface area contributed by atoms with Crippen molar-refractivity contribution in [2.75, 3.05) is 0 Å². The summed E-state index contributed by atoms with van der Waals surface area (Å²) in [5.74, 6) is 0. The van der Waals surface area contributed by atoms with Crippen molar-refractivity contribution in [2.45, 2.75) is 6.92 Å². The summed E-state index contributed by atoms with van der Waals surface area (Å²) < 4.78 is 0. The molecule has 2 aliphatic rings. The topological polar surface area (TPSA) is 57.4 Å². The molecule has 8 bridgehead atoms. The lowest BCUT2D eigenvalue weighted by Gasteiger charge is -2.08. The van der Waals surface area contributed by atoms with Gasteiger partial charge in [-0.15, -0.1) is 0 Å². The molecular weight excluding hydrogens is 595 g/mol. The number of nitrogens with zero attached hydrogens (tertiary/aromatic N) is 2. The molecule has 0 unspecified atom stereocenters. The number of aromatic nitrogens is 4. The van der Waals surface area contributed by atoms with E-state index in [1.165, 1.54) is 0 Å². The third-order valence-electron chi connectivity index (χ3n) is 8.34.